The van der Waals surface area contributed by atoms with Gasteiger partial charge in [-0.2, -0.15) is 0 Å². The molecule has 1 aromatic carbocycles. The molecule has 2 rings (SSSR count). The van der Waals surface area contributed by atoms with Crippen molar-refractivity contribution in [1.29, 1.82) is 0 Å². The van der Waals surface area contributed by atoms with Gasteiger partial charge in [-0.05, 0) is 44.4 Å². The van der Waals surface area contributed by atoms with E-state index in [-0.39, 0.29) is 0 Å². The van der Waals surface area contributed by atoms with Gasteiger partial charge in [0.05, 0.1) is 0 Å². The van der Waals surface area contributed by atoms with Crippen molar-refractivity contribution in [3.63, 3.8) is 0 Å². The lowest BCUT2D eigenvalue weighted by molar-refractivity contribution is 0.274. The van der Waals surface area contributed by atoms with Gasteiger partial charge < -0.3 is 10.1 Å². The van der Waals surface area contributed by atoms with E-state index < -0.39 is 0 Å². The largest absolute Gasteiger partial charge is 0.491 e. The van der Waals surface area contributed by atoms with Crippen LogP contribution in [-0.2, 0) is 0 Å². The standard InChI is InChI=1S/C13H19NO/c1-10-5-3-6-11(2)13(10)15-9-12-7-4-8-14-12/h3,5-6,12,14H,4,7-9H2,1-2H3/t12-/m1/s1. The van der Waals surface area contributed by atoms with Gasteiger partial charge in [-0.1, -0.05) is 18.2 Å². The van der Waals surface area contributed by atoms with E-state index in [1.807, 2.05) is 0 Å². The van der Waals surface area contributed by atoms with E-state index >= 15 is 0 Å². The van der Waals surface area contributed by atoms with Crippen LogP contribution in [0.4, 0.5) is 0 Å². The van der Waals surface area contributed by atoms with Crippen LogP contribution in [0.3, 0.4) is 0 Å². The highest BCUT2D eigenvalue weighted by atomic mass is 16.5. The Morgan fingerprint density at radius 2 is 2.07 bits per heavy atom. The first-order chi connectivity index (χ1) is 7.27. The van der Waals surface area contributed by atoms with Crippen LogP contribution in [0.1, 0.15) is 24.0 Å². The second-order valence-electron chi connectivity index (χ2n) is 4.33. The summed E-state index contributed by atoms with van der Waals surface area (Å²) < 4.78 is 5.89. The van der Waals surface area contributed by atoms with E-state index in [2.05, 4.69) is 37.4 Å². The average molecular weight is 205 g/mol. The molecule has 1 heterocycles. The van der Waals surface area contributed by atoms with Crippen LogP contribution in [0, 0.1) is 13.8 Å². The van der Waals surface area contributed by atoms with Crippen LogP contribution < -0.4 is 10.1 Å². The minimum absolute atomic E-state index is 0.545. The summed E-state index contributed by atoms with van der Waals surface area (Å²) in [5.41, 5.74) is 2.46. The van der Waals surface area contributed by atoms with Crippen molar-refractivity contribution in [1.82, 2.24) is 5.32 Å². The predicted octanol–water partition coefficient (Wildman–Crippen LogP) is 2.43. The first-order valence-corrected chi connectivity index (χ1v) is 5.70. The summed E-state index contributed by atoms with van der Waals surface area (Å²) in [5, 5.41) is 3.44. The SMILES string of the molecule is Cc1cccc(C)c1OC[C@H]1CCCN1. The first kappa shape index (κ1) is 10.5. The van der Waals surface area contributed by atoms with Crippen LogP contribution in [0.25, 0.3) is 0 Å². The van der Waals surface area contributed by atoms with Crippen LogP contribution >= 0.6 is 0 Å². The fourth-order valence-electron chi connectivity index (χ4n) is 2.11. The molecule has 1 fully saturated rings. The summed E-state index contributed by atoms with van der Waals surface area (Å²) in [6.07, 6.45) is 2.52. The smallest absolute Gasteiger partial charge is 0.125 e. The molecule has 0 aromatic heterocycles. The molecule has 0 aliphatic carbocycles. The molecule has 0 saturated carbocycles. The topological polar surface area (TPSA) is 21.3 Å². The molecular formula is C13H19NO. The van der Waals surface area contributed by atoms with Crippen molar-refractivity contribution < 1.29 is 4.74 Å². The monoisotopic (exact) mass is 205 g/mol. The quantitative estimate of drug-likeness (QED) is 0.818. The molecule has 2 heteroatoms. The molecule has 0 unspecified atom stereocenters. The number of nitrogens with one attached hydrogen (secondary N) is 1. The highest BCUT2D eigenvalue weighted by molar-refractivity contribution is 5.39. The molecule has 82 valence electrons. The van der Waals surface area contributed by atoms with Crippen LogP contribution in [0.2, 0.25) is 0 Å². The van der Waals surface area contributed by atoms with Gasteiger partial charge in [-0.3, -0.25) is 0 Å². The fraction of sp³-hybridized carbons (Fsp3) is 0.538. The Morgan fingerprint density at radius 1 is 1.33 bits per heavy atom. The number of hydrogen-bond acceptors (Lipinski definition) is 2. The molecule has 2 nitrogen and oxygen atoms in total. The Balaban J connectivity index is 1.97. The molecule has 1 aliphatic rings. The minimum atomic E-state index is 0.545. The molecule has 1 saturated heterocycles. The van der Waals surface area contributed by atoms with Crippen molar-refractivity contribution in [3.05, 3.63) is 29.3 Å². The van der Waals surface area contributed by atoms with Gasteiger partial charge in [0.2, 0.25) is 0 Å². The Bertz CT molecular complexity index is 309. The summed E-state index contributed by atoms with van der Waals surface area (Å²) in [6, 6.07) is 6.82. The maximum atomic E-state index is 5.89. The number of benzene rings is 1. The van der Waals surface area contributed by atoms with Gasteiger partial charge in [-0.25, -0.2) is 0 Å². The van der Waals surface area contributed by atoms with E-state index in [9.17, 15) is 0 Å². The lowest BCUT2D eigenvalue weighted by Crippen LogP contribution is -2.28. The summed E-state index contributed by atoms with van der Waals surface area (Å²) in [6.45, 7) is 6.14. The predicted molar refractivity (Wildman–Crippen MR) is 62.4 cm³/mol. The molecule has 1 N–H and O–H groups in total. The van der Waals surface area contributed by atoms with Crippen LogP contribution in [0.15, 0.2) is 18.2 Å². The highest BCUT2D eigenvalue weighted by Crippen LogP contribution is 2.22. The molecule has 1 atom stereocenters. The lowest BCUT2D eigenvalue weighted by atomic mass is 10.1. The fourth-order valence-corrected chi connectivity index (χ4v) is 2.11. The van der Waals surface area contributed by atoms with Crippen molar-refractivity contribution in [2.75, 3.05) is 13.2 Å². The molecule has 1 aromatic rings. The first-order valence-electron chi connectivity index (χ1n) is 5.70. The Kier molecular flexibility index (Phi) is 3.27. The molecule has 0 spiro atoms. The third-order valence-electron chi connectivity index (χ3n) is 3.00. The maximum absolute atomic E-state index is 5.89. The van der Waals surface area contributed by atoms with Gasteiger partial charge in [-0.15, -0.1) is 0 Å². The van der Waals surface area contributed by atoms with E-state index in [1.54, 1.807) is 0 Å². The van der Waals surface area contributed by atoms with Crippen molar-refractivity contribution in [3.8, 4) is 5.75 Å². The molecule has 0 bridgehead atoms. The minimum Gasteiger partial charge on any atom is -0.491 e. The van der Waals surface area contributed by atoms with Gasteiger partial charge >= 0.3 is 0 Å². The molecular weight excluding hydrogens is 186 g/mol. The summed E-state index contributed by atoms with van der Waals surface area (Å²) >= 11 is 0. The second kappa shape index (κ2) is 4.67. The normalized spacial score (nSPS) is 20.5. The average Bonchev–Trinajstić information content (AvgIpc) is 2.70. The van der Waals surface area contributed by atoms with Crippen molar-refractivity contribution in [2.45, 2.75) is 32.7 Å². The van der Waals surface area contributed by atoms with E-state index in [0.29, 0.717) is 6.04 Å². The zero-order valence-corrected chi connectivity index (χ0v) is 9.55. The zero-order valence-electron chi connectivity index (χ0n) is 9.55. The third kappa shape index (κ3) is 2.51. The van der Waals surface area contributed by atoms with E-state index in [1.165, 1.54) is 24.0 Å². The summed E-state index contributed by atoms with van der Waals surface area (Å²) in [5.74, 6) is 1.06. The Morgan fingerprint density at radius 3 is 2.67 bits per heavy atom. The number of rotatable bonds is 3. The summed E-state index contributed by atoms with van der Waals surface area (Å²) in [4.78, 5) is 0. The lowest BCUT2D eigenvalue weighted by Gasteiger charge is -2.15. The highest BCUT2D eigenvalue weighted by Gasteiger charge is 2.15. The summed E-state index contributed by atoms with van der Waals surface area (Å²) in [7, 11) is 0. The van der Waals surface area contributed by atoms with Gasteiger partial charge in [0.15, 0.2) is 0 Å². The number of hydrogen-bond donors (Lipinski definition) is 1. The molecule has 0 radical (unpaired) electrons. The maximum Gasteiger partial charge on any atom is 0.125 e. The Labute approximate surface area is 91.6 Å². The van der Waals surface area contributed by atoms with Gasteiger partial charge in [0.1, 0.15) is 12.4 Å². The third-order valence-corrected chi connectivity index (χ3v) is 3.00. The van der Waals surface area contributed by atoms with Crippen LogP contribution in [0.5, 0.6) is 5.75 Å². The zero-order chi connectivity index (χ0) is 10.7. The van der Waals surface area contributed by atoms with Gasteiger partial charge in [0, 0.05) is 6.04 Å². The number of aryl methyl sites for hydroxylation is 2. The Hall–Kier alpha value is -1.02. The number of ether oxygens (including phenoxy) is 1. The van der Waals surface area contributed by atoms with Crippen molar-refractivity contribution in [2.24, 2.45) is 0 Å². The van der Waals surface area contributed by atoms with Crippen LogP contribution in [-0.4, -0.2) is 19.2 Å². The van der Waals surface area contributed by atoms with E-state index in [0.717, 1.165) is 18.9 Å². The molecule has 0 amide bonds. The van der Waals surface area contributed by atoms with E-state index in [4.69, 9.17) is 4.74 Å². The second-order valence-corrected chi connectivity index (χ2v) is 4.33. The van der Waals surface area contributed by atoms with Gasteiger partial charge in [0.25, 0.3) is 0 Å². The molecule has 15 heavy (non-hydrogen) atoms. The molecule has 1 aliphatic heterocycles. The van der Waals surface area contributed by atoms with Crippen molar-refractivity contribution >= 4 is 0 Å². The number of para-hydroxylation sites is 1.